The summed E-state index contributed by atoms with van der Waals surface area (Å²) in [6, 6.07) is 9.56. The largest absolute Gasteiger partial charge is 0.457 e. The Balaban J connectivity index is 1.68. The number of carbonyl (C=O) groups excluding carboxylic acids is 1. The number of fused-ring (bicyclic) bond motifs is 2. The molecule has 0 fully saturated rings. The summed E-state index contributed by atoms with van der Waals surface area (Å²) in [5, 5.41) is 0.562. The van der Waals surface area contributed by atoms with Crippen LogP contribution in [-0.2, 0) is 24.3 Å². The number of rotatable bonds is 3. The molecule has 0 atom stereocenters. The molecule has 0 radical (unpaired) electrons. The maximum atomic E-state index is 12.9. The average Bonchev–Trinajstić information content (AvgIpc) is 2.82. The lowest BCUT2D eigenvalue weighted by molar-refractivity contribution is 0.0478. The summed E-state index contributed by atoms with van der Waals surface area (Å²) in [4.78, 5) is 31.3. The minimum Gasteiger partial charge on any atom is -0.457 e. The van der Waals surface area contributed by atoms with Crippen LogP contribution in [0.25, 0.3) is 10.2 Å². The van der Waals surface area contributed by atoms with Gasteiger partial charge in [0.25, 0.3) is 5.56 Å². The zero-order valence-electron chi connectivity index (χ0n) is 14.7. The summed E-state index contributed by atoms with van der Waals surface area (Å²) in [6.07, 6.45) is 3.98. The Morgan fingerprint density at radius 2 is 2.04 bits per heavy atom. The molecule has 4 rings (SSSR count). The Hall–Kier alpha value is -2.47. The molecular weight excluding hydrogens is 348 g/mol. The van der Waals surface area contributed by atoms with Gasteiger partial charge in [0.05, 0.1) is 5.39 Å². The minimum absolute atomic E-state index is 0.0252. The number of carbonyl (C=O) groups is 1. The van der Waals surface area contributed by atoms with Gasteiger partial charge in [-0.3, -0.25) is 9.36 Å². The molecule has 2 aromatic heterocycles. The lowest BCUT2D eigenvalue weighted by Crippen LogP contribution is -2.24. The Bertz CT molecular complexity index is 1020. The average molecular weight is 368 g/mol. The molecule has 1 aliphatic heterocycles. The van der Waals surface area contributed by atoms with Crippen molar-refractivity contribution in [3.8, 4) is 0 Å². The zero-order valence-corrected chi connectivity index (χ0v) is 15.5. The highest BCUT2D eigenvalue weighted by Gasteiger charge is 2.23. The smallest absolute Gasteiger partial charge is 0.349 e. The van der Waals surface area contributed by atoms with Gasteiger partial charge in [0, 0.05) is 13.0 Å². The van der Waals surface area contributed by atoms with Gasteiger partial charge in [0.1, 0.15) is 22.1 Å². The molecule has 1 aliphatic rings. The molecule has 134 valence electrons. The van der Waals surface area contributed by atoms with Crippen LogP contribution in [0, 0.1) is 6.92 Å². The number of aryl methyl sites for hydroxylation is 2. The van der Waals surface area contributed by atoms with Gasteiger partial charge in [-0.15, -0.1) is 11.3 Å². The molecule has 0 aliphatic carbocycles. The van der Waals surface area contributed by atoms with Crippen LogP contribution in [0.3, 0.4) is 0 Å². The van der Waals surface area contributed by atoms with Crippen LogP contribution in [0.2, 0.25) is 0 Å². The quantitative estimate of drug-likeness (QED) is 0.659. The second-order valence-corrected chi connectivity index (χ2v) is 7.59. The Kier molecular flexibility index (Phi) is 4.59. The standard InChI is InChI=1S/C20H20N2O3S/c1-13-16-18(21-15-10-6-3-7-11-22(15)19(16)23)26-17(13)20(24)25-12-14-8-4-2-5-9-14/h2,4-5,8-9H,3,6-7,10-12H2,1H3. The van der Waals surface area contributed by atoms with Gasteiger partial charge in [-0.2, -0.15) is 0 Å². The lowest BCUT2D eigenvalue weighted by Gasteiger charge is -2.08. The fourth-order valence-electron chi connectivity index (χ4n) is 3.39. The number of hydrogen-bond donors (Lipinski definition) is 0. The van der Waals surface area contributed by atoms with Crippen LogP contribution in [-0.4, -0.2) is 15.5 Å². The number of aromatic nitrogens is 2. The van der Waals surface area contributed by atoms with E-state index in [1.54, 1.807) is 4.57 Å². The van der Waals surface area contributed by atoms with Gasteiger partial charge in [-0.25, -0.2) is 9.78 Å². The summed E-state index contributed by atoms with van der Waals surface area (Å²) in [6.45, 7) is 2.74. The second-order valence-electron chi connectivity index (χ2n) is 6.59. The van der Waals surface area contributed by atoms with E-state index in [0.717, 1.165) is 37.1 Å². The van der Waals surface area contributed by atoms with Crippen molar-refractivity contribution in [1.29, 1.82) is 0 Å². The highest BCUT2D eigenvalue weighted by atomic mass is 32.1. The molecule has 6 heteroatoms. The molecule has 5 nitrogen and oxygen atoms in total. The monoisotopic (exact) mass is 368 g/mol. The summed E-state index contributed by atoms with van der Waals surface area (Å²) in [5.41, 5.74) is 1.59. The van der Waals surface area contributed by atoms with Crippen molar-refractivity contribution in [2.45, 2.75) is 45.8 Å². The number of ether oxygens (including phenoxy) is 1. The fourth-order valence-corrected chi connectivity index (χ4v) is 4.48. The molecule has 3 heterocycles. The molecule has 0 saturated heterocycles. The molecule has 0 bridgehead atoms. The SMILES string of the molecule is Cc1c(C(=O)OCc2ccccc2)sc2nc3n(c(=O)c12)CCCCC3. The fraction of sp³-hybridized carbons (Fsp3) is 0.350. The van der Waals surface area contributed by atoms with E-state index in [-0.39, 0.29) is 12.2 Å². The first-order valence-electron chi connectivity index (χ1n) is 8.89. The summed E-state index contributed by atoms with van der Waals surface area (Å²) in [5.74, 6) is 0.444. The van der Waals surface area contributed by atoms with E-state index in [0.29, 0.717) is 27.2 Å². The highest BCUT2D eigenvalue weighted by Crippen LogP contribution is 2.29. The van der Waals surface area contributed by atoms with Crippen LogP contribution in [0.1, 0.15) is 45.9 Å². The molecular formula is C20H20N2O3S. The van der Waals surface area contributed by atoms with E-state index in [1.807, 2.05) is 37.3 Å². The van der Waals surface area contributed by atoms with E-state index in [1.165, 1.54) is 11.3 Å². The first-order valence-corrected chi connectivity index (χ1v) is 9.70. The zero-order chi connectivity index (χ0) is 18.1. The molecule has 0 spiro atoms. The van der Waals surface area contributed by atoms with E-state index in [2.05, 4.69) is 0 Å². The predicted octanol–water partition coefficient (Wildman–Crippen LogP) is 3.85. The van der Waals surface area contributed by atoms with Gasteiger partial charge < -0.3 is 4.74 Å². The van der Waals surface area contributed by atoms with E-state index in [4.69, 9.17) is 9.72 Å². The van der Waals surface area contributed by atoms with Crippen molar-refractivity contribution >= 4 is 27.5 Å². The van der Waals surface area contributed by atoms with Crippen molar-refractivity contribution < 1.29 is 9.53 Å². The molecule has 3 aromatic rings. The number of benzene rings is 1. The molecule has 1 aromatic carbocycles. The summed E-state index contributed by atoms with van der Waals surface area (Å²) < 4.78 is 7.23. The number of nitrogens with zero attached hydrogens (tertiary/aromatic N) is 2. The third-order valence-electron chi connectivity index (χ3n) is 4.81. The molecule has 0 saturated carbocycles. The van der Waals surface area contributed by atoms with Crippen LogP contribution in [0.15, 0.2) is 35.1 Å². The van der Waals surface area contributed by atoms with Crippen molar-refractivity contribution in [3.05, 3.63) is 62.5 Å². The van der Waals surface area contributed by atoms with Crippen LogP contribution >= 0.6 is 11.3 Å². The molecule has 26 heavy (non-hydrogen) atoms. The van der Waals surface area contributed by atoms with Crippen molar-refractivity contribution in [2.24, 2.45) is 0 Å². The Morgan fingerprint density at radius 3 is 2.85 bits per heavy atom. The number of hydrogen-bond acceptors (Lipinski definition) is 5. The van der Waals surface area contributed by atoms with Crippen molar-refractivity contribution in [1.82, 2.24) is 9.55 Å². The maximum Gasteiger partial charge on any atom is 0.349 e. The van der Waals surface area contributed by atoms with Gasteiger partial charge in [0.2, 0.25) is 0 Å². The molecule has 0 amide bonds. The van der Waals surface area contributed by atoms with Crippen LogP contribution in [0.5, 0.6) is 0 Å². The van der Waals surface area contributed by atoms with Gasteiger partial charge in [-0.1, -0.05) is 36.8 Å². The topological polar surface area (TPSA) is 61.2 Å². The minimum atomic E-state index is -0.394. The van der Waals surface area contributed by atoms with Crippen molar-refractivity contribution in [2.75, 3.05) is 0 Å². The first-order chi connectivity index (χ1) is 12.6. The van der Waals surface area contributed by atoms with E-state index < -0.39 is 5.97 Å². The van der Waals surface area contributed by atoms with Crippen LogP contribution in [0.4, 0.5) is 0 Å². The maximum absolute atomic E-state index is 12.9. The summed E-state index contributed by atoms with van der Waals surface area (Å²) in [7, 11) is 0. The molecule has 0 N–H and O–H groups in total. The third kappa shape index (κ3) is 3.05. The van der Waals surface area contributed by atoms with Gasteiger partial charge in [-0.05, 0) is 30.9 Å². The van der Waals surface area contributed by atoms with Gasteiger partial charge in [0.15, 0.2) is 0 Å². The number of thiophene rings is 1. The Morgan fingerprint density at radius 1 is 1.23 bits per heavy atom. The van der Waals surface area contributed by atoms with Crippen molar-refractivity contribution in [3.63, 3.8) is 0 Å². The lowest BCUT2D eigenvalue weighted by atomic mass is 10.2. The number of esters is 1. The second kappa shape index (κ2) is 7.03. The third-order valence-corrected chi connectivity index (χ3v) is 5.98. The van der Waals surface area contributed by atoms with Gasteiger partial charge >= 0.3 is 5.97 Å². The van der Waals surface area contributed by atoms with Crippen LogP contribution < -0.4 is 5.56 Å². The first kappa shape index (κ1) is 17.0. The highest BCUT2D eigenvalue weighted by molar-refractivity contribution is 7.20. The summed E-state index contributed by atoms with van der Waals surface area (Å²) >= 11 is 1.26. The Labute approximate surface area is 155 Å². The predicted molar refractivity (Wildman–Crippen MR) is 102 cm³/mol. The molecule has 0 unspecified atom stereocenters. The van der Waals surface area contributed by atoms with E-state index in [9.17, 15) is 9.59 Å². The van der Waals surface area contributed by atoms with E-state index >= 15 is 0 Å². The normalized spacial score (nSPS) is 14.0.